The summed E-state index contributed by atoms with van der Waals surface area (Å²) in [6, 6.07) is 5.05. The van der Waals surface area contributed by atoms with Crippen LogP contribution in [0.1, 0.15) is 12.8 Å². The van der Waals surface area contributed by atoms with Gasteiger partial charge in [0.15, 0.2) is 0 Å². The standard InChI is InChI=1S/C13H20N4O4/c14-15-11-2-1-3-12(13(11)17(19)20)16-6-4-10(5-7-16)21-9-8-18/h1-3,10,15,18H,4-9,14H2. The second-order valence-electron chi connectivity index (χ2n) is 4.86. The molecular formula is C13H20N4O4. The third-order valence-corrected chi connectivity index (χ3v) is 3.58. The van der Waals surface area contributed by atoms with Gasteiger partial charge in [-0.05, 0) is 25.0 Å². The van der Waals surface area contributed by atoms with Crippen molar-refractivity contribution in [2.45, 2.75) is 18.9 Å². The van der Waals surface area contributed by atoms with Crippen molar-refractivity contribution in [3.05, 3.63) is 28.3 Å². The number of nitrogen functional groups attached to an aromatic ring is 1. The van der Waals surface area contributed by atoms with Gasteiger partial charge in [-0.25, -0.2) is 0 Å². The molecule has 0 aromatic heterocycles. The first-order valence-electron chi connectivity index (χ1n) is 6.88. The van der Waals surface area contributed by atoms with Gasteiger partial charge in [0.2, 0.25) is 0 Å². The quantitative estimate of drug-likeness (QED) is 0.405. The highest BCUT2D eigenvalue weighted by atomic mass is 16.6. The second-order valence-corrected chi connectivity index (χ2v) is 4.86. The first-order chi connectivity index (χ1) is 10.2. The Kier molecular flexibility index (Phi) is 5.32. The number of hydrogen-bond acceptors (Lipinski definition) is 7. The largest absolute Gasteiger partial charge is 0.394 e. The molecular weight excluding hydrogens is 276 g/mol. The molecule has 4 N–H and O–H groups in total. The maximum Gasteiger partial charge on any atom is 0.316 e. The number of ether oxygens (including phenoxy) is 1. The Labute approximate surface area is 122 Å². The molecule has 1 aliphatic rings. The number of nitrogens with zero attached hydrogens (tertiary/aromatic N) is 2. The average Bonchev–Trinajstić information content (AvgIpc) is 2.52. The van der Waals surface area contributed by atoms with Gasteiger partial charge in [-0.3, -0.25) is 16.0 Å². The van der Waals surface area contributed by atoms with Gasteiger partial charge >= 0.3 is 5.69 Å². The van der Waals surface area contributed by atoms with Gasteiger partial charge in [0.1, 0.15) is 11.4 Å². The Morgan fingerprint density at radius 2 is 2.19 bits per heavy atom. The predicted molar refractivity (Wildman–Crippen MR) is 79.2 cm³/mol. The number of rotatable bonds is 6. The van der Waals surface area contributed by atoms with E-state index in [1.54, 1.807) is 18.2 Å². The first kappa shape index (κ1) is 15.5. The van der Waals surface area contributed by atoms with Gasteiger partial charge in [0.25, 0.3) is 0 Å². The highest BCUT2D eigenvalue weighted by molar-refractivity contribution is 5.76. The van der Waals surface area contributed by atoms with Crippen LogP contribution in [0.4, 0.5) is 17.1 Å². The van der Waals surface area contributed by atoms with E-state index in [2.05, 4.69) is 5.43 Å². The van der Waals surface area contributed by atoms with Crippen molar-refractivity contribution in [2.75, 3.05) is 36.6 Å². The molecule has 0 amide bonds. The number of nitrogens with two attached hydrogens (primary N) is 1. The van der Waals surface area contributed by atoms with Crippen LogP contribution in [0, 0.1) is 10.1 Å². The van der Waals surface area contributed by atoms with Crippen LogP contribution < -0.4 is 16.2 Å². The van der Waals surface area contributed by atoms with E-state index in [0.29, 0.717) is 31.1 Å². The number of anilines is 2. The molecule has 1 aromatic carbocycles. The molecule has 1 saturated heterocycles. The molecule has 1 aromatic rings. The Balaban J connectivity index is 2.11. The lowest BCUT2D eigenvalue weighted by atomic mass is 10.1. The maximum absolute atomic E-state index is 11.3. The molecule has 0 bridgehead atoms. The smallest absolute Gasteiger partial charge is 0.316 e. The van der Waals surface area contributed by atoms with Gasteiger partial charge in [-0.15, -0.1) is 0 Å². The summed E-state index contributed by atoms with van der Waals surface area (Å²) in [4.78, 5) is 12.8. The molecule has 8 heteroatoms. The average molecular weight is 296 g/mol. The third-order valence-electron chi connectivity index (χ3n) is 3.58. The first-order valence-corrected chi connectivity index (χ1v) is 6.88. The molecule has 8 nitrogen and oxygen atoms in total. The number of hydrazine groups is 1. The zero-order chi connectivity index (χ0) is 15.2. The number of nitro benzene ring substituents is 1. The van der Waals surface area contributed by atoms with Crippen LogP contribution in [-0.4, -0.2) is 42.4 Å². The fraction of sp³-hybridized carbons (Fsp3) is 0.538. The number of nitrogens with one attached hydrogen (secondary N) is 1. The number of benzene rings is 1. The minimum Gasteiger partial charge on any atom is -0.394 e. The number of aliphatic hydroxyl groups excluding tert-OH is 1. The molecule has 1 aliphatic heterocycles. The molecule has 1 fully saturated rings. The van der Waals surface area contributed by atoms with E-state index in [4.69, 9.17) is 15.7 Å². The SMILES string of the molecule is NNc1cccc(N2CCC(OCCO)CC2)c1[N+](=O)[O-]. The van der Waals surface area contributed by atoms with Crippen LogP contribution in [0.15, 0.2) is 18.2 Å². The zero-order valence-electron chi connectivity index (χ0n) is 11.7. The summed E-state index contributed by atoms with van der Waals surface area (Å²) in [5, 5.41) is 20.0. The number of aliphatic hydroxyl groups is 1. The Morgan fingerprint density at radius 3 is 2.76 bits per heavy atom. The topological polar surface area (TPSA) is 114 Å². The second kappa shape index (κ2) is 7.21. The van der Waals surface area contributed by atoms with Gasteiger partial charge in [-0.2, -0.15) is 0 Å². The molecule has 116 valence electrons. The lowest BCUT2D eigenvalue weighted by Gasteiger charge is -2.33. The van der Waals surface area contributed by atoms with E-state index in [9.17, 15) is 10.1 Å². The van der Waals surface area contributed by atoms with E-state index in [-0.39, 0.29) is 18.4 Å². The molecule has 1 heterocycles. The van der Waals surface area contributed by atoms with Crippen LogP contribution in [-0.2, 0) is 4.74 Å². The summed E-state index contributed by atoms with van der Waals surface area (Å²) in [6.07, 6.45) is 1.65. The van der Waals surface area contributed by atoms with Crippen molar-refractivity contribution in [2.24, 2.45) is 5.84 Å². The summed E-state index contributed by atoms with van der Waals surface area (Å²) in [7, 11) is 0. The molecule has 0 spiro atoms. The number of nitro groups is 1. The summed E-state index contributed by atoms with van der Waals surface area (Å²) >= 11 is 0. The minimum absolute atomic E-state index is 0.00488. The van der Waals surface area contributed by atoms with E-state index < -0.39 is 4.92 Å². The molecule has 2 rings (SSSR count). The molecule has 0 saturated carbocycles. The lowest BCUT2D eigenvalue weighted by Crippen LogP contribution is -2.37. The molecule has 0 aliphatic carbocycles. The van der Waals surface area contributed by atoms with Crippen molar-refractivity contribution in [1.29, 1.82) is 0 Å². The minimum atomic E-state index is -0.418. The van der Waals surface area contributed by atoms with Gasteiger partial charge < -0.3 is 20.2 Å². The van der Waals surface area contributed by atoms with Crippen LogP contribution in [0.5, 0.6) is 0 Å². The number of para-hydroxylation sites is 1. The predicted octanol–water partition coefficient (Wildman–Crippen LogP) is 0.858. The summed E-state index contributed by atoms with van der Waals surface area (Å²) < 4.78 is 5.50. The van der Waals surface area contributed by atoms with E-state index in [1.807, 2.05) is 4.90 Å². The normalized spacial score (nSPS) is 16.0. The van der Waals surface area contributed by atoms with Crippen molar-refractivity contribution in [3.63, 3.8) is 0 Å². The van der Waals surface area contributed by atoms with Crippen LogP contribution >= 0.6 is 0 Å². The van der Waals surface area contributed by atoms with Crippen molar-refractivity contribution < 1.29 is 14.8 Å². The maximum atomic E-state index is 11.3. The third kappa shape index (κ3) is 3.60. The van der Waals surface area contributed by atoms with Gasteiger partial charge in [-0.1, -0.05) is 6.07 Å². The molecule has 21 heavy (non-hydrogen) atoms. The van der Waals surface area contributed by atoms with Gasteiger partial charge in [0, 0.05) is 13.1 Å². The van der Waals surface area contributed by atoms with E-state index in [1.165, 1.54) is 0 Å². The fourth-order valence-electron chi connectivity index (χ4n) is 2.58. The highest BCUT2D eigenvalue weighted by Crippen LogP contribution is 2.36. The Morgan fingerprint density at radius 1 is 1.48 bits per heavy atom. The van der Waals surface area contributed by atoms with Gasteiger partial charge in [0.05, 0.1) is 24.2 Å². The number of piperidine rings is 1. The monoisotopic (exact) mass is 296 g/mol. The number of hydrogen-bond donors (Lipinski definition) is 3. The summed E-state index contributed by atoms with van der Waals surface area (Å²) in [5.74, 6) is 5.35. The Hall–Kier alpha value is -1.90. The lowest BCUT2D eigenvalue weighted by molar-refractivity contribution is -0.383. The molecule has 0 unspecified atom stereocenters. The van der Waals surface area contributed by atoms with Crippen molar-refractivity contribution >= 4 is 17.1 Å². The summed E-state index contributed by atoms with van der Waals surface area (Å²) in [5.41, 5.74) is 3.24. The van der Waals surface area contributed by atoms with Crippen molar-refractivity contribution in [1.82, 2.24) is 0 Å². The van der Waals surface area contributed by atoms with E-state index >= 15 is 0 Å². The molecule has 0 radical (unpaired) electrons. The highest BCUT2D eigenvalue weighted by Gasteiger charge is 2.27. The summed E-state index contributed by atoms with van der Waals surface area (Å²) in [6.45, 7) is 1.68. The van der Waals surface area contributed by atoms with E-state index in [0.717, 1.165) is 12.8 Å². The van der Waals surface area contributed by atoms with Crippen molar-refractivity contribution in [3.8, 4) is 0 Å². The fourth-order valence-corrected chi connectivity index (χ4v) is 2.58. The van der Waals surface area contributed by atoms with Crippen LogP contribution in [0.3, 0.4) is 0 Å². The Bertz CT molecular complexity index is 489. The van der Waals surface area contributed by atoms with Crippen LogP contribution in [0.25, 0.3) is 0 Å². The zero-order valence-corrected chi connectivity index (χ0v) is 11.7. The van der Waals surface area contributed by atoms with Crippen LogP contribution in [0.2, 0.25) is 0 Å². The molecule has 0 atom stereocenters.